The molecule has 0 spiro atoms. The number of aromatic amines is 1. The molecule has 0 saturated carbocycles. The largest absolute Gasteiger partial charge is 0.464 e. The highest BCUT2D eigenvalue weighted by Crippen LogP contribution is 1.88. The van der Waals surface area contributed by atoms with Crippen molar-refractivity contribution in [3.63, 3.8) is 0 Å². The van der Waals surface area contributed by atoms with Crippen molar-refractivity contribution >= 4 is 11.9 Å². The highest BCUT2D eigenvalue weighted by Gasteiger charge is 2.16. The molecular formula is C11H15N3O5. The first-order chi connectivity index (χ1) is 8.93. The van der Waals surface area contributed by atoms with Crippen LogP contribution in [0.3, 0.4) is 0 Å². The van der Waals surface area contributed by atoms with E-state index < -0.39 is 29.0 Å². The maximum Gasteiger partial charge on any atom is 0.328 e. The lowest BCUT2D eigenvalue weighted by molar-refractivity contribution is -0.146. The Bertz CT molecular complexity index is 574. The Morgan fingerprint density at radius 3 is 2.74 bits per heavy atom. The number of amides is 1. The summed E-state index contributed by atoms with van der Waals surface area (Å²) in [5, 5.41) is 4.57. The van der Waals surface area contributed by atoms with Crippen LogP contribution in [0.2, 0.25) is 0 Å². The first-order valence-electron chi connectivity index (χ1n) is 5.70. The van der Waals surface area contributed by atoms with Crippen LogP contribution in [0, 0.1) is 0 Å². The summed E-state index contributed by atoms with van der Waals surface area (Å²) in [5.74, 6) is -1.14. The number of esters is 1. The molecule has 0 aliphatic carbocycles. The summed E-state index contributed by atoms with van der Waals surface area (Å²) in [6.07, 6.45) is 0. The number of rotatable bonds is 5. The fraction of sp³-hybridized carbons (Fsp3) is 0.455. The van der Waals surface area contributed by atoms with Gasteiger partial charge in [-0.15, -0.1) is 0 Å². The second-order valence-electron chi connectivity index (χ2n) is 3.78. The van der Waals surface area contributed by atoms with Gasteiger partial charge in [0.15, 0.2) is 0 Å². The molecule has 8 heteroatoms. The molecule has 0 radical (unpaired) electrons. The first-order valence-corrected chi connectivity index (χ1v) is 5.70. The first kappa shape index (κ1) is 14.7. The number of carbonyl (C=O) groups is 2. The van der Waals surface area contributed by atoms with Crippen molar-refractivity contribution in [3.05, 3.63) is 32.8 Å². The van der Waals surface area contributed by atoms with Crippen LogP contribution in [0.4, 0.5) is 0 Å². The van der Waals surface area contributed by atoms with Crippen molar-refractivity contribution in [2.24, 2.45) is 0 Å². The van der Waals surface area contributed by atoms with Gasteiger partial charge in [0.1, 0.15) is 12.6 Å². The molecule has 104 valence electrons. The topological polar surface area (TPSA) is 110 Å². The van der Waals surface area contributed by atoms with Gasteiger partial charge in [-0.1, -0.05) is 0 Å². The molecule has 1 amide bonds. The molecule has 1 atom stereocenters. The van der Waals surface area contributed by atoms with Crippen LogP contribution in [0.25, 0.3) is 0 Å². The molecule has 0 saturated heterocycles. The standard InChI is InChI=1S/C11H15N3O5/c1-3-19-11(18)7(2)12-9(16)6-14-10(17)5-4-8(15)13-14/h4-5,7H,3,6H2,1-2H3,(H,12,16)(H,13,15). The predicted molar refractivity (Wildman–Crippen MR) is 65.6 cm³/mol. The third-order valence-corrected chi connectivity index (χ3v) is 2.21. The summed E-state index contributed by atoms with van der Waals surface area (Å²) >= 11 is 0. The average molecular weight is 269 g/mol. The minimum Gasteiger partial charge on any atom is -0.464 e. The summed E-state index contributed by atoms with van der Waals surface area (Å²) in [6, 6.07) is 1.30. The van der Waals surface area contributed by atoms with Crippen LogP contribution in [0.5, 0.6) is 0 Å². The Morgan fingerprint density at radius 1 is 1.42 bits per heavy atom. The van der Waals surface area contributed by atoms with Crippen LogP contribution in [0.15, 0.2) is 21.7 Å². The lowest BCUT2D eigenvalue weighted by atomic mass is 10.3. The quantitative estimate of drug-likeness (QED) is 0.639. The van der Waals surface area contributed by atoms with Crippen LogP contribution in [0.1, 0.15) is 13.8 Å². The summed E-state index contributed by atoms with van der Waals surface area (Å²) in [4.78, 5) is 45.3. The minimum atomic E-state index is -0.821. The van der Waals surface area contributed by atoms with Gasteiger partial charge in [-0.25, -0.2) is 9.48 Å². The van der Waals surface area contributed by atoms with Gasteiger partial charge in [0.2, 0.25) is 5.91 Å². The zero-order valence-electron chi connectivity index (χ0n) is 10.6. The molecule has 1 unspecified atom stereocenters. The number of nitrogens with zero attached hydrogens (tertiary/aromatic N) is 1. The summed E-state index contributed by atoms with van der Waals surface area (Å²) < 4.78 is 5.57. The number of carbonyl (C=O) groups excluding carboxylic acids is 2. The Morgan fingerprint density at radius 2 is 2.11 bits per heavy atom. The third kappa shape index (κ3) is 4.41. The van der Waals surface area contributed by atoms with Gasteiger partial charge in [-0.2, -0.15) is 0 Å². The maximum atomic E-state index is 11.6. The van der Waals surface area contributed by atoms with E-state index in [-0.39, 0.29) is 13.2 Å². The molecule has 0 aliphatic heterocycles. The van der Waals surface area contributed by atoms with Gasteiger partial charge in [-0.3, -0.25) is 19.5 Å². The van der Waals surface area contributed by atoms with Gasteiger partial charge < -0.3 is 10.1 Å². The van der Waals surface area contributed by atoms with Gasteiger partial charge in [-0.05, 0) is 13.8 Å². The van der Waals surface area contributed by atoms with Gasteiger partial charge in [0.25, 0.3) is 11.1 Å². The van der Waals surface area contributed by atoms with Gasteiger partial charge in [0.05, 0.1) is 6.61 Å². The summed E-state index contributed by atoms with van der Waals surface area (Å²) in [5.41, 5.74) is -1.01. The highest BCUT2D eigenvalue weighted by molar-refractivity contribution is 5.83. The molecule has 1 aromatic heterocycles. The molecule has 8 nitrogen and oxygen atoms in total. The smallest absolute Gasteiger partial charge is 0.328 e. The molecule has 0 fully saturated rings. The average Bonchev–Trinajstić information content (AvgIpc) is 2.34. The number of nitrogens with one attached hydrogen (secondary N) is 2. The van der Waals surface area contributed by atoms with E-state index >= 15 is 0 Å². The van der Waals surface area contributed by atoms with Crippen molar-refractivity contribution in [2.75, 3.05) is 6.61 Å². The highest BCUT2D eigenvalue weighted by atomic mass is 16.5. The van der Waals surface area contributed by atoms with Crippen LogP contribution in [-0.4, -0.2) is 34.3 Å². The van der Waals surface area contributed by atoms with E-state index in [0.29, 0.717) is 0 Å². The fourth-order valence-electron chi connectivity index (χ4n) is 1.34. The van der Waals surface area contributed by atoms with E-state index in [9.17, 15) is 19.2 Å². The van der Waals surface area contributed by atoms with Gasteiger partial charge in [0, 0.05) is 12.1 Å². The lowest BCUT2D eigenvalue weighted by Gasteiger charge is -2.12. The molecule has 1 rings (SSSR count). The van der Waals surface area contributed by atoms with Crippen molar-refractivity contribution < 1.29 is 14.3 Å². The van der Waals surface area contributed by atoms with Crippen molar-refractivity contribution in [2.45, 2.75) is 26.4 Å². The Balaban J connectivity index is 2.65. The van der Waals surface area contributed by atoms with E-state index in [1.807, 2.05) is 0 Å². The molecule has 0 aliphatic rings. The zero-order valence-corrected chi connectivity index (χ0v) is 10.6. The normalized spacial score (nSPS) is 11.7. The van der Waals surface area contributed by atoms with E-state index in [2.05, 4.69) is 10.4 Å². The number of aromatic nitrogens is 2. The Hall–Kier alpha value is -2.38. The number of hydrogen-bond donors (Lipinski definition) is 2. The Kier molecular flexibility index (Phi) is 5.04. The summed E-state index contributed by atoms with van der Waals surface area (Å²) in [7, 11) is 0. The van der Waals surface area contributed by atoms with Crippen LogP contribution >= 0.6 is 0 Å². The van der Waals surface area contributed by atoms with E-state index in [0.717, 1.165) is 16.8 Å². The monoisotopic (exact) mass is 269 g/mol. The molecule has 1 aromatic rings. The fourth-order valence-corrected chi connectivity index (χ4v) is 1.34. The predicted octanol–water partition coefficient (Wildman–Crippen LogP) is -1.40. The molecule has 2 N–H and O–H groups in total. The van der Waals surface area contributed by atoms with Crippen molar-refractivity contribution in [1.29, 1.82) is 0 Å². The Labute approximate surface area is 108 Å². The van der Waals surface area contributed by atoms with E-state index in [1.165, 1.54) is 6.92 Å². The second-order valence-corrected chi connectivity index (χ2v) is 3.78. The van der Waals surface area contributed by atoms with Crippen molar-refractivity contribution in [1.82, 2.24) is 15.1 Å². The minimum absolute atomic E-state index is 0.213. The van der Waals surface area contributed by atoms with E-state index in [1.54, 1.807) is 6.92 Å². The molecule has 1 heterocycles. The molecule has 19 heavy (non-hydrogen) atoms. The SMILES string of the molecule is CCOC(=O)C(C)NC(=O)Cn1[nH]c(=O)ccc1=O. The zero-order chi connectivity index (χ0) is 14.4. The lowest BCUT2D eigenvalue weighted by Crippen LogP contribution is -2.43. The van der Waals surface area contributed by atoms with Crippen LogP contribution in [-0.2, 0) is 20.9 Å². The second kappa shape index (κ2) is 6.53. The van der Waals surface area contributed by atoms with Gasteiger partial charge >= 0.3 is 5.97 Å². The number of H-pyrrole nitrogens is 1. The van der Waals surface area contributed by atoms with E-state index in [4.69, 9.17) is 4.74 Å². The summed E-state index contributed by atoms with van der Waals surface area (Å²) in [6.45, 7) is 2.95. The molecule has 0 bridgehead atoms. The van der Waals surface area contributed by atoms with Crippen LogP contribution < -0.4 is 16.4 Å². The van der Waals surface area contributed by atoms with Crippen molar-refractivity contribution in [3.8, 4) is 0 Å². The number of ether oxygens (including phenoxy) is 1. The maximum absolute atomic E-state index is 11.6. The molecular weight excluding hydrogens is 254 g/mol. The number of hydrogen-bond acceptors (Lipinski definition) is 5. The third-order valence-electron chi connectivity index (χ3n) is 2.21. The molecule has 0 aromatic carbocycles.